The first-order chi connectivity index (χ1) is 13.8. The minimum Gasteiger partial charge on any atom is -0.350 e. The smallest absolute Gasteiger partial charge is 0.251 e. The van der Waals surface area contributed by atoms with E-state index in [0.717, 1.165) is 31.2 Å². The van der Waals surface area contributed by atoms with Gasteiger partial charge in [0, 0.05) is 24.2 Å². The van der Waals surface area contributed by atoms with Gasteiger partial charge in [-0.2, -0.15) is 0 Å². The number of nitrogens with one attached hydrogen (secondary N) is 2. The highest BCUT2D eigenvalue weighted by molar-refractivity contribution is 5.94. The maximum Gasteiger partial charge on any atom is 0.251 e. The first kappa shape index (κ1) is 17.8. The first-order valence-electron chi connectivity index (χ1n) is 10.4. The van der Waals surface area contributed by atoms with E-state index < -0.39 is 0 Å². The first-order valence-corrected chi connectivity index (χ1v) is 10.4. The minimum absolute atomic E-state index is 0.0114. The summed E-state index contributed by atoms with van der Waals surface area (Å²) in [5.41, 5.74) is 1.51. The van der Waals surface area contributed by atoms with Crippen LogP contribution in [-0.2, 0) is 0 Å². The molecule has 0 unspecified atom stereocenters. The lowest BCUT2D eigenvalue weighted by Crippen LogP contribution is -2.65. The molecule has 4 atom stereocenters. The molecule has 0 radical (unpaired) electrons. The van der Waals surface area contributed by atoms with Crippen molar-refractivity contribution < 1.29 is 4.79 Å². The number of benzene rings is 1. The zero-order chi connectivity index (χ0) is 18.9. The number of aromatic nitrogens is 4. The summed E-state index contributed by atoms with van der Waals surface area (Å²) in [5, 5.41) is 18.0. The van der Waals surface area contributed by atoms with E-state index in [-0.39, 0.29) is 5.91 Å². The van der Waals surface area contributed by atoms with Crippen molar-refractivity contribution >= 4 is 5.91 Å². The Hall–Kier alpha value is -2.32. The Kier molecular flexibility index (Phi) is 4.82. The molecule has 5 rings (SSSR count). The van der Waals surface area contributed by atoms with Crippen LogP contribution < -0.4 is 10.6 Å². The molecule has 3 aliphatic rings. The number of hydrogen-bond acceptors (Lipinski definition) is 6. The van der Waals surface area contributed by atoms with E-state index >= 15 is 0 Å². The third kappa shape index (κ3) is 3.31. The number of amides is 1. The van der Waals surface area contributed by atoms with Crippen LogP contribution in [0.15, 0.2) is 30.6 Å². The summed E-state index contributed by atoms with van der Waals surface area (Å²) >= 11 is 0. The van der Waals surface area contributed by atoms with E-state index in [1.165, 1.54) is 32.2 Å². The van der Waals surface area contributed by atoms with Gasteiger partial charge >= 0.3 is 0 Å². The number of carbonyl (C=O) groups is 1. The molecule has 8 nitrogen and oxygen atoms in total. The SMILES string of the molecule is O=C(NC[C@H]1[C@@H]2CNC[C@@H](C2)[C@@H]2CCCCN21)c1ccc(-n2cnnn2)cc1. The van der Waals surface area contributed by atoms with Crippen LogP contribution in [0.3, 0.4) is 0 Å². The van der Waals surface area contributed by atoms with E-state index in [9.17, 15) is 4.79 Å². The molecule has 0 saturated carbocycles. The summed E-state index contributed by atoms with van der Waals surface area (Å²) in [4.78, 5) is 15.4. The average molecular weight is 381 g/mol. The van der Waals surface area contributed by atoms with Crippen molar-refractivity contribution in [3.05, 3.63) is 36.2 Å². The normalized spacial score (nSPS) is 29.9. The van der Waals surface area contributed by atoms with Crippen molar-refractivity contribution in [3.63, 3.8) is 0 Å². The highest BCUT2D eigenvalue weighted by Gasteiger charge is 2.45. The van der Waals surface area contributed by atoms with Gasteiger partial charge in [-0.05, 0) is 85.4 Å². The van der Waals surface area contributed by atoms with E-state index in [2.05, 4.69) is 31.1 Å². The van der Waals surface area contributed by atoms with Crippen molar-refractivity contribution in [2.24, 2.45) is 11.8 Å². The Morgan fingerprint density at radius 1 is 1.18 bits per heavy atom. The third-order valence-corrected chi connectivity index (χ3v) is 6.74. The summed E-state index contributed by atoms with van der Waals surface area (Å²) in [7, 11) is 0. The summed E-state index contributed by atoms with van der Waals surface area (Å²) < 4.78 is 1.58. The molecule has 2 N–H and O–H groups in total. The molecule has 0 spiro atoms. The Bertz CT molecular complexity index is 806. The molecule has 3 aliphatic heterocycles. The second-order valence-corrected chi connectivity index (χ2v) is 8.29. The monoisotopic (exact) mass is 381 g/mol. The molecule has 4 heterocycles. The van der Waals surface area contributed by atoms with Crippen molar-refractivity contribution in [1.82, 2.24) is 35.7 Å². The van der Waals surface area contributed by atoms with Gasteiger partial charge in [0.2, 0.25) is 0 Å². The Balaban J connectivity index is 1.25. The second-order valence-electron chi connectivity index (χ2n) is 8.29. The summed E-state index contributed by atoms with van der Waals surface area (Å²) in [6.45, 7) is 4.13. The van der Waals surface area contributed by atoms with Gasteiger partial charge in [-0.1, -0.05) is 6.42 Å². The number of tetrazole rings is 1. The summed E-state index contributed by atoms with van der Waals surface area (Å²) in [5.74, 6) is 1.41. The Morgan fingerprint density at radius 3 is 2.86 bits per heavy atom. The number of fused-ring (bicyclic) bond motifs is 4. The van der Waals surface area contributed by atoms with E-state index in [1.807, 2.05) is 24.3 Å². The van der Waals surface area contributed by atoms with Gasteiger partial charge in [0.05, 0.1) is 5.69 Å². The molecular weight excluding hydrogens is 354 g/mol. The molecule has 1 aromatic heterocycles. The lowest BCUT2D eigenvalue weighted by atomic mass is 9.73. The predicted molar refractivity (Wildman–Crippen MR) is 104 cm³/mol. The van der Waals surface area contributed by atoms with Crippen LogP contribution in [0.2, 0.25) is 0 Å². The largest absolute Gasteiger partial charge is 0.350 e. The molecule has 3 saturated heterocycles. The van der Waals surface area contributed by atoms with Gasteiger partial charge in [0.15, 0.2) is 0 Å². The third-order valence-electron chi connectivity index (χ3n) is 6.74. The molecule has 0 aliphatic carbocycles. The highest BCUT2D eigenvalue weighted by Crippen LogP contribution is 2.38. The molecule has 3 fully saturated rings. The lowest BCUT2D eigenvalue weighted by molar-refractivity contribution is -0.0371. The maximum absolute atomic E-state index is 12.7. The molecular formula is C20H27N7O. The second kappa shape index (κ2) is 7.60. The zero-order valence-corrected chi connectivity index (χ0v) is 16.0. The Labute approximate surface area is 164 Å². The van der Waals surface area contributed by atoms with Crippen LogP contribution in [0.1, 0.15) is 36.0 Å². The van der Waals surface area contributed by atoms with Crippen LogP contribution in [-0.4, -0.2) is 69.3 Å². The van der Waals surface area contributed by atoms with Crippen LogP contribution in [0, 0.1) is 11.8 Å². The number of rotatable bonds is 4. The molecule has 1 aromatic carbocycles. The fourth-order valence-electron chi connectivity index (χ4n) is 5.39. The summed E-state index contributed by atoms with van der Waals surface area (Å²) in [6.07, 6.45) is 6.78. The van der Waals surface area contributed by atoms with Gasteiger partial charge in [0.1, 0.15) is 6.33 Å². The fraction of sp³-hybridized carbons (Fsp3) is 0.600. The molecule has 8 heteroatoms. The van der Waals surface area contributed by atoms with E-state index in [0.29, 0.717) is 23.6 Å². The van der Waals surface area contributed by atoms with Crippen molar-refractivity contribution in [1.29, 1.82) is 0 Å². The predicted octanol–water partition coefficient (Wildman–Crippen LogP) is 0.855. The molecule has 1 amide bonds. The topological polar surface area (TPSA) is 88.0 Å². The van der Waals surface area contributed by atoms with Crippen molar-refractivity contribution in [3.8, 4) is 5.69 Å². The molecule has 2 aromatic rings. The number of carbonyl (C=O) groups excluding carboxylic acids is 1. The quantitative estimate of drug-likeness (QED) is 0.817. The van der Waals surface area contributed by atoms with Crippen LogP contribution >= 0.6 is 0 Å². The van der Waals surface area contributed by atoms with Gasteiger partial charge in [0.25, 0.3) is 5.91 Å². The van der Waals surface area contributed by atoms with Gasteiger partial charge in [-0.15, -0.1) is 5.10 Å². The number of piperidine rings is 3. The van der Waals surface area contributed by atoms with E-state index in [4.69, 9.17) is 0 Å². The minimum atomic E-state index is -0.0114. The van der Waals surface area contributed by atoms with Gasteiger partial charge in [-0.3, -0.25) is 9.69 Å². The lowest BCUT2D eigenvalue weighted by Gasteiger charge is -2.55. The Morgan fingerprint density at radius 2 is 2.04 bits per heavy atom. The summed E-state index contributed by atoms with van der Waals surface area (Å²) in [6, 6.07) is 8.52. The van der Waals surface area contributed by atoms with Crippen LogP contribution in [0.4, 0.5) is 0 Å². The fourth-order valence-corrected chi connectivity index (χ4v) is 5.39. The molecule has 148 valence electrons. The van der Waals surface area contributed by atoms with Gasteiger partial charge < -0.3 is 10.6 Å². The van der Waals surface area contributed by atoms with E-state index in [1.54, 1.807) is 11.0 Å². The maximum atomic E-state index is 12.7. The zero-order valence-electron chi connectivity index (χ0n) is 16.0. The number of hydrogen-bond donors (Lipinski definition) is 2. The molecule has 2 bridgehead atoms. The van der Waals surface area contributed by atoms with Gasteiger partial charge in [-0.25, -0.2) is 4.68 Å². The van der Waals surface area contributed by atoms with Crippen molar-refractivity contribution in [2.45, 2.75) is 37.8 Å². The average Bonchev–Trinajstić information content (AvgIpc) is 3.29. The standard InChI is InChI=1S/C20H27N7O/c28-20(14-4-6-17(7-5-14)27-13-23-24-25-27)22-12-19-16-9-15(10-21-11-16)18-3-1-2-8-26(18)19/h4-7,13,15-16,18-19,21H,1-3,8-12H2,(H,22,28)/t15-,16+,18+,19+/m1/s1. The van der Waals surface area contributed by atoms with Crippen LogP contribution in [0.5, 0.6) is 0 Å². The van der Waals surface area contributed by atoms with Crippen molar-refractivity contribution in [2.75, 3.05) is 26.2 Å². The number of nitrogens with zero attached hydrogens (tertiary/aromatic N) is 5. The molecule has 28 heavy (non-hydrogen) atoms. The van der Waals surface area contributed by atoms with Crippen LogP contribution in [0.25, 0.3) is 5.69 Å². The highest BCUT2D eigenvalue weighted by atomic mass is 16.1.